The zero-order chi connectivity index (χ0) is 17.7. The van der Waals surface area contributed by atoms with Gasteiger partial charge in [-0.1, -0.05) is 6.92 Å². The van der Waals surface area contributed by atoms with Crippen molar-refractivity contribution in [3.05, 3.63) is 45.9 Å². The van der Waals surface area contributed by atoms with Crippen LogP contribution >= 0.6 is 0 Å². The van der Waals surface area contributed by atoms with E-state index in [-0.39, 0.29) is 6.54 Å². The summed E-state index contributed by atoms with van der Waals surface area (Å²) in [5, 5.41) is 13.7. The maximum absolute atomic E-state index is 12.4. The second-order valence-corrected chi connectivity index (χ2v) is 4.72. The van der Waals surface area contributed by atoms with Gasteiger partial charge in [-0.3, -0.25) is 10.1 Å². The number of alkyl halides is 2. The van der Waals surface area contributed by atoms with Crippen molar-refractivity contribution in [2.24, 2.45) is 0 Å². The Bertz CT molecular complexity index is 742. The molecule has 0 aliphatic heterocycles. The number of nitrogens with one attached hydrogen (secondary N) is 1. The smallest absolute Gasteiger partial charge is 0.387 e. The predicted molar refractivity (Wildman–Crippen MR) is 82.9 cm³/mol. The highest BCUT2D eigenvalue weighted by Gasteiger charge is 2.19. The first kappa shape index (κ1) is 17.3. The van der Waals surface area contributed by atoms with E-state index in [9.17, 15) is 18.9 Å². The van der Waals surface area contributed by atoms with Gasteiger partial charge in [-0.15, -0.1) is 0 Å². The second-order valence-electron chi connectivity index (χ2n) is 4.72. The number of aromatic nitrogens is 2. The van der Waals surface area contributed by atoms with Gasteiger partial charge in [0.15, 0.2) is 0 Å². The van der Waals surface area contributed by atoms with E-state index in [0.717, 1.165) is 12.1 Å². The first-order chi connectivity index (χ1) is 11.4. The van der Waals surface area contributed by atoms with Gasteiger partial charge in [0, 0.05) is 42.5 Å². The van der Waals surface area contributed by atoms with Crippen LogP contribution in [0.15, 0.2) is 24.4 Å². The number of hydrogen-bond donors (Lipinski definition) is 2. The molecule has 0 fully saturated rings. The van der Waals surface area contributed by atoms with E-state index in [2.05, 4.69) is 20.0 Å². The molecule has 0 atom stereocenters. The standard InChI is InChI=1S/C14H15F2N5O3/c1-2-12-19-7-8(13(17)20-12)6-18-9-3-4-10(21(22)23)11(5-9)24-14(15)16/h3-5,7,14,18H,2,6H2,1H3,(H2,17,19,20). The number of hydrogen-bond acceptors (Lipinski definition) is 7. The third kappa shape index (κ3) is 4.24. The molecule has 0 aliphatic carbocycles. The van der Waals surface area contributed by atoms with Crippen molar-refractivity contribution in [3.63, 3.8) is 0 Å². The monoisotopic (exact) mass is 339 g/mol. The highest BCUT2D eigenvalue weighted by Crippen LogP contribution is 2.31. The van der Waals surface area contributed by atoms with E-state index in [1.165, 1.54) is 6.07 Å². The molecule has 128 valence electrons. The molecule has 24 heavy (non-hydrogen) atoms. The third-order valence-electron chi connectivity index (χ3n) is 3.12. The molecule has 0 radical (unpaired) electrons. The summed E-state index contributed by atoms with van der Waals surface area (Å²) in [6.07, 6.45) is 2.21. The number of ether oxygens (including phenoxy) is 1. The molecule has 3 N–H and O–H groups in total. The first-order valence-electron chi connectivity index (χ1n) is 6.98. The fourth-order valence-electron chi connectivity index (χ4n) is 1.93. The summed E-state index contributed by atoms with van der Waals surface area (Å²) < 4.78 is 28.9. The largest absolute Gasteiger partial charge is 0.427 e. The fraction of sp³-hybridized carbons (Fsp3) is 0.286. The minimum absolute atomic E-state index is 0.224. The van der Waals surface area contributed by atoms with Crippen molar-refractivity contribution in [2.45, 2.75) is 26.5 Å². The molecule has 0 spiro atoms. The molecule has 0 saturated carbocycles. The Labute approximate surface area is 135 Å². The summed E-state index contributed by atoms with van der Waals surface area (Å²) in [4.78, 5) is 18.3. The lowest BCUT2D eigenvalue weighted by Gasteiger charge is -2.11. The number of nitrogens with zero attached hydrogens (tertiary/aromatic N) is 3. The molecule has 8 nitrogen and oxygen atoms in total. The minimum atomic E-state index is -3.16. The molecule has 0 unspecified atom stereocenters. The van der Waals surface area contributed by atoms with Crippen LogP contribution in [0.4, 0.5) is 26.0 Å². The van der Waals surface area contributed by atoms with Gasteiger partial charge in [-0.2, -0.15) is 8.78 Å². The predicted octanol–water partition coefficient (Wildman–Crippen LogP) is 2.74. The van der Waals surface area contributed by atoms with E-state index in [4.69, 9.17) is 5.73 Å². The topological polar surface area (TPSA) is 116 Å². The molecule has 1 aromatic carbocycles. The van der Waals surface area contributed by atoms with Crippen molar-refractivity contribution in [2.75, 3.05) is 11.1 Å². The SMILES string of the molecule is CCc1ncc(CNc2ccc([N+](=O)[O-])c(OC(F)F)c2)c(N)n1. The molecule has 0 amide bonds. The van der Waals surface area contributed by atoms with Gasteiger partial charge in [0.25, 0.3) is 0 Å². The summed E-state index contributed by atoms with van der Waals surface area (Å²) in [5.74, 6) is 0.394. The van der Waals surface area contributed by atoms with Gasteiger partial charge in [0.05, 0.1) is 4.92 Å². The molecule has 0 aliphatic rings. The molecule has 0 bridgehead atoms. The molecule has 2 aromatic rings. The number of nitro benzene ring substituents is 1. The summed E-state index contributed by atoms with van der Waals surface area (Å²) >= 11 is 0. The Morgan fingerprint density at radius 1 is 1.46 bits per heavy atom. The Hall–Kier alpha value is -3.04. The van der Waals surface area contributed by atoms with Crippen LogP contribution in [0.3, 0.4) is 0 Å². The Kier molecular flexibility index (Phi) is 5.40. The maximum Gasteiger partial charge on any atom is 0.387 e. The number of nitrogen functional groups attached to an aromatic ring is 1. The van der Waals surface area contributed by atoms with Gasteiger partial charge in [0.1, 0.15) is 11.6 Å². The van der Waals surface area contributed by atoms with E-state index in [1.807, 2.05) is 6.92 Å². The molecule has 2 rings (SSSR count). The zero-order valence-electron chi connectivity index (χ0n) is 12.7. The number of nitro groups is 1. The van der Waals surface area contributed by atoms with Crippen LogP contribution < -0.4 is 15.8 Å². The number of rotatable bonds is 7. The molecular formula is C14H15F2N5O3. The average molecular weight is 339 g/mol. The Morgan fingerprint density at radius 2 is 2.21 bits per heavy atom. The average Bonchev–Trinajstić information content (AvgIpc) is 2.52. The van der Waals surface area contributed by atoms with Crippen LogP contribution in [0, 0.1) is 10.1 Å². The molecule has 1 heterocycles. The summed E-state index contributed by atoms with van der Waals surface area (Å²) in [6, 6.07) is 3.59. The van der Waals surface area contributed by atoms with E-state index in [0.29, 0.717) is 29.3 Å². The quantitative estimate of drug-likeness (QED) is 0.588. The highest BCUT2D eigenvalue weighted by atomic mass is 19.3. The van der Waals surface area contributed by atoms with Crippen LogP contribution in [0.1, 0.15) is 18.3 Å². The Morgan fingerprint density at radius 3 is 2.79 bits per heavy atom. The van der Waals surface area contributed by atoms with Crippen molar-refractivity contribution < 1.29 is 18.4 Å². The first-order valence-corrected chi connectivity index (χ1v) is 6.98. The normalized spacial score (nSPS) is 10.7. The van der Waals surface area contributed by atoms with Crippen LogP contribution in [-0.4, -0.2) is 21.5 Å². The van der Waals surface area contributed by atoms with E-state index < -0.39 is 23.0 Å². The lowest BCUT2D eigenvalue weighted by Crippen LogP contribution is -2.08. The third-order valence-corrected chi connectivity index (χ3v) is 3.12. The van der Waals surface area contributed by atoms with Crippen LogP contribution in [0.5, 0.6) is 5.75 Å². The summed E-state index contributed by atoms with van der Waals surface area (Å²) in [6.45, 7) is -1.04. The lowest BCUT2D eigenvalue weighted by molar-refractivity contribution is -0.386. The molecular weight excluding hydrogens is 324 g/mol. The van der Waals surface area contributed by atoms with Crippen molar-refractivity contribution in [1.29, 1.82) is 0 Å². The highest BCUT2D eigenvalue weighted by molar-refractivity contribution is 5.58. The van der Waals surface area contributed by atoms with Crippen molar-refractivity contribution >= 4 is 17.2 Å². The fourth-order valence-corrected chi connectivity index (χ4v) is 1.93. The second kappa shape index (κ2) is 7.49. The van der Waals surface area contributed by atoms with E-state index >= 15 is 0 Å². The van der Waals surface area contributed by atoms with Crippen LogP contribution in [0.25, 0.3) is 0 Å². The molecule has 1 aromatic heterocycles. The van der Waals surface area contributed by atoms with Gasteiger partial charge in [-0.25, -0.2) is 9.97 Å². The number of aryl methyl sites for hydroxylation is 1. The van der Waals surface area contributed by atoms with Gasteiger partial charge in [-0.05, 0) is 6.07 Å². The number of anilines is 2. The maximum atomic E-state index is 12.4. The summed E-state index contributed by atoms with van der Waals surface area (Å²) in [7, 11) is 0. The number of halogens is 2. The number of nitrogens with two attached hydrogens (primary N) is 1. The van der Waals surface area contributed by atoms with Crippen LogP contribution in [-0.2, 0) is 13.0 Å². The van der Waals surface area contributed by atoms with Crippen LogP contribution in [0.2, 0.25) is 0 Å². The Balaban J connectivity index is 2.16. The van der Waals surface area contributed by atoms with Crippen molar-refractivity contribution in [1.82, 2.24) is 9.97 Å². The zero-order valence-corrected chi connectivity index (χ0v) is 12.7. The van der Waals surface area contributed by atoms with E-state index in [1.54, 1.807) is 6.20 Å². The molecule has 0 saturated heterocycles. The minimum Gasteiger partial charge on any atom is -0.427 e. The van der Waals surface area contributed by atoms with Gasteiger partial charge < -0.3 is 15.8 Å². The number of benzene rings is 1. The van der Waals surface area contributed by atoms with Crippen molar-refractivity contribution in [3.8, 4) is 5.75 Å². The lowest BCUT2D eigenvalue weighted by atomic mass is 10.2. The van der Waals surface area contributed by atoms with Gasteiger partial charge >= 0.3 is 12.3 Å². The molecule has 10 heteroatoms. The van der Waals surface area contributed by atoms with Gasteiger partial charge in [0.2, 0.25) is 5.75 Å². The summed E-state index contributed by atoms with van der Waals surface area (Å²) in [5.41, 5.74) is 6.24.